The van der Waals surface area contributed by atoms with Crippen molar-refractivity contribution in [1.82, 2.24) is 14.9 Å². The molecule has 0 fully saturated rings. The number of amides is 1. The number of hydrogen-bond acceptors (Lipinski definition) is 6. The Labute approximate surface area is 228 Å². The van der Waals surface area contributed by atoms with Crippen LogP contribution in [0.25, 0.3) is 33.3 Å². The Morgan fingerprint density at radius 3 is 2.21 bits per heavy atom. The molecule has 2 aromatic carbocycles. The summed E-state index contributed by atoms with van der Waals surface area (Å²) < 4.78 is 12.7. The average Bonchev–Trinajstić information content (AvgIpc) is 3.25. The van der Waals surface area contributed by atoms with Crippen molar-refractivity contribution in [2.45, 2.75) is 65.9 Å². The van der Waals surface area contributed by atoms with Gasteiger partial charge in [-0.1, -0.05) is 18.2 Å². The number of aliphatic hydroxyl groups excluding tert-OH is 1. The van der Waals surface area contributed by atoms with E-state index in [-0.39, 0.29) is 13.2 Å². The first-order chi connectivity index (χ1) is 18.3. The Hall–Kier alpha value is -4.17. The van der Waals surface area contributed by atoms with E-state index >= 15 is 0 Å². The van der Waals surface area contributed by atoms with Crippen LogP contribution in [0.5, 0.6) is 0 Å². The summed E-state index contributed by atoms with van der Waals surface area (Å²) in [4.78, 5) is 29.8. The molecule has 204 valence electrons. The van der Waals surface area contributed by atoms with Gasteiger partial charge in [0.25, 0.3) is 0 Å². The number of fused-ring (bicyclic) bond motifs is 1. The smallest absolute Gasteiger partial charge is 0.419 e. The molecule has 1 amide bonds. The SMILES string of the molecule is CC(C)(C)OC(=O)NCc1cccc(-c2cc(CO)cc3c2cc(-c2ccncc2)n3C(=O)OC(C)(C)C)c1. The standard InChI is InChI=1S/C31H35N3O5/c1-30(2,3)38-28(36)33-18-20-8-7-9-23(14-20)24-15-21(19-35)16-27-25(24)17-26(22-10-12-32-13-11-22)34(27)29(37)39-31(4,5)6/h7-17,35H,18-19H2,1-6H3,(H,33,36). The number of benzene rings is 2. The van der Waals surface area contributed by atoms with Gasteiger partial charge in [0.2, 0.25) is 0 Å². The molecule has 0 radical (unpaired) electrons. The maximum Gasteiger partial charge on any atom is 0.419 e. The lowest BCUT2D eigenvalue weighted by atomic mass is 9.97. The second-order valence-corrected chi connectivity index (χ2v) is 11.4. The van der Waals surface area contributed by atoms with Gasteiger partial charge in [0.15, 0.2) is 0 Å². The predicted octanol–water partition coefficient (Wildman–Crippen LogP) is 6.67. The first-order valence-electron chi connectivity index (χ1n) is 12.8. The number of alkyl carbamates (subject to hydrolysis) is 1. The summed E-state index contributed by atoms with van der Waals surface area (Å²) in [6.07, 6.45) is 2.34. The fourth-order valence-corrected chi connectivity index (χ4v) is 4.27. The Bertz CT molecular complexity index is 1490. The number of rotatable bonds is 5. The van der Waals surface area contributed by atoms with Crippen LogP contribution >= 0.6 is 0 Å². The van der Waals surface area contributed by atoms with Gasteiger partial charge >= 0.3 is 12.2 Å². The van der Waals surface area contributed by atoms with Crippen LogP contribution in [0, 0.1) is 0 Å². The first kappa shape index (κ1) is 27.9. The maximum absolute atomic E-state index is 13.5. The number of aliphatic hydroxyl groups is 1. The lowest BCUT2D eigenvalue weighted by Gasteiger charge is -2.21. The number of nitrogens with zero attached hydrogens (tertiary/aromatic N) is 2. The van der Waals surface area contributed by atoms with Crippen molar-refractivity contribution >= 4 is 23.1 Å². The third-order valence-corrected chi connectivity index (χ3v) is 5.79. The summed E-state index contributed by atoms with van der Waals surface area (Å²) in [5.74, 6) is 0. The van der Waals surface area contributed by atoms with Gasteiger partial charge in [0.05, 0.1) is 17.8 Å². The second-order valence-electron chi connectivity index (χ2n) is 11.4. The molecule has 0 atom stereocenters. The second kappa shape index (κ2) is 10.9. The summed E-state index contributed by atoms with van der Waals surface area (Å²) in [6.45, 7) is 11.0. The number of carbonyl (C=O) groups is 2. The molecule has 2 N–H and O–H groups in total. The van der Waals surface area contributed by atoms with Crippen LogP contribution in [0.15, 0.2) is 67.0 Å². The van der Waals surface area contributed by atoms with E-state index in [1.54, 1.807) is 23.0 Å². The Kier molecular flexibility index (Phi) is 7.79. The minimum absolute atomic E-state index is 0.201. The molecule has 4 aromatic rings. The van der Waals surface area contributed by atoms with Crippen LogP contribution in [-0.4, -0.2) is 38.0 Å². The molecule has 8 heteroatoms. The summed E-state index contributed by atoms with van der Waals surface area (Å²) in [6, 6.07) is 17.1. The lowest BCUT2D eigenvalue weighted by molar-refractivity contribution is 0.0519. The van der Waals surface area contributed by atoms with Crippen LogP contribution < -0.4 is 5.32 Å². The van der Waals surface area contributed by atoms with E-state index in [2.05, 4.69) is 10.3 Å². The van der Waals surface area contributed by atoms with E-state index in [1.165, 1.54) is 0 Å². The summed E-state index contributed by atoms with van der Waals surface area (Å²) in [5, 5.41) is 13.7. The van der Waals surface area contributed by atoms with Crippen LogP contribution in [0.2, 0.25) is 0 Å². The van der Waals surface area contributed by atoms with Crippen molar-refractivity contribution in [2.24, 2.45) is 0 Å². The molecule has 0 unspecified atom stereocenters. The molecular weight excluding hydrogens is 494 g/mol. The Balaban J connectivity index is 1.83. The molecule has 2 aromatic heterocycles. The summed E-state index contributed by atoms with van der Waals surface area (Å²) in [5.41, 5.74) is 4.04. The molecule has 0 aliphatic rings. The van der Waals surface area contributed by atoms with Crippen molar-refractivity contribution in [3.8, 4) is 22.4 Å². The van der Waals surface area contributed by atoms with Gasteiger partial charge in [0.1, 0.15) is 11.2 Å². The lowest BCUT2D eigenvalue weighted by Crippen LogP contribution is -2.32. The molecule has 0 saturated carbocycles. The van der Waals surface area contributed by atoms with Crippen molar-refractivity contribution in [2.75, 3.05) is 0 Å². The highest BCUT2D eigenvalue weighted by Gasteiger charge is 2.25. The third-order valence-electron chi connectivity index (χ3n) is 5.79. The highest BCUT2D eigenvalue weighted by atomic mass is 16.6. The molecule has 4 rings (SSSR count). The van der Waals surface area contributed by atoms with Gasteiger partial charge in [-0.05, 0) is 100 Å². The molecule has 0 bridgehead atoms. The highest BCUT2D eigenvalue weighted by molar-refractivity contribution is 6.04. The summed E-state index contributed by atoms with van der Waals surface area (Å²) in [7, 11) is 0. The molecule has 0 saturated heterocycles. The molecule has 2 heterocycles. The van der Waals surface area contributed by atoms with Crippen LogP contribution in [0.1, 0.15) is 52.7 Å². The van der Waals surface area contributed by atoms with Crippen molar-refractivity contribution in [3.05, 3.63) is 78.1 Å². The summed E-state index contributed by atoms with van der Waals surface area (Å²) >= 11 is 0. The monoisotopic (exact) mass is 529 g/mol. The third kappa shape index (κ3) is 6.83. The highest BCUT2D eigenvalue weighted by Crippen LogP contribution is 2.37. The van der Waals surface area contributed by atoms with Crippen LogP contribution in [-0.2, 0) is 22.6 Å². The molecular formula is C31H35N3O5. The fourth-order valence-electron chi connectivity index (χ4n) is 4.27. The van der Waals surface area contributed by atoms with Crippen LogP contribution in [0.3, 0.4) is 0 Å². The molecule has 0 aliphatic carbocycles. The molecule has 0 spiro atoms. The van der Waals surface area contributed by atoms with E-state index in [0.29, 0.717) is 16.8 Å². The average molecular weight is 530 g/mol. The largest absolute Gasteiger partial charge is 0.444 e. The topological polar surface area (TPSA) is 103 Å². The zero-order valence-electron chi connectivity index (χ0n) is 23.2. The van der Waals surface area contributed by atoms with Gasteiger partial charge in [-0.25, -0.2) is 14.2 Å². The van der Waals surface area contributed by atoms with E-state index in [4.69, 9.17) is 9.47 Å². The normalized spacial score (nSPS) is 11.9. The van der Waals surface area contributed by atoms with E-state index in [9.17, 15) is 14.7 Å². The zero-order chi connectivity index (χ0) is 28.4. The number of aromatic nitrogens is 2. The van der Waals surface area contributed by atoms with Crippen molar-refractivity contribution < 1.29 is 24.2 Å². The predicted molar refractivity (Wildman–Crippen MR) is 151 cm³/mol. The van der Waals surface area contributed by atoms with Crippen molar-refractivity contribution in [3.63, 3.8) is 0 Å². The number of carbonyl (C=O) groups excluding carboxylic acids is 2. The van der Waals surface area contributed by atoms with Gasteiger partial charge in [-0.3, -0.25) is 4.98 Å². The number of ether oxygens (including phenoxy) is 2. The van der Waals surface area contributed by atoms with Gasteiger partial charge in [-0.15, -0.1) is 0 Å². The quantitative estimate of drug-likeness (QED) is 0.299. The Morgan fingerprint density at radius 2 is 1.56 bits per heavy atom. The molecule has 39 heavy (non-hydrogen) atoms. The molecule has 8 nitrogen and oxygen atoms in total. The zero-order valence-corrected chi connectivity index (χ0v) is 23.2. The van der Waals surface area contributed by atoms with Crippen LogP contribution in [0.4, 0.5) is 9.59 Å². The maximum atomic E-state index is 13.5. The number of hydrogen-bond donors (Lipinski definition) is 2. The van der Waals surface area contributed by atoms with Gasteiger partial charge < -0.3 is 19.9 Å². The van der Waals surface area contributed by atoms with Gasteiger partial charge in [-0.2, -0.15) is 0 Å². The van der Waals surface area contributed by atoms with E-state index in [0.717, 1.165) is 27.6 Å². The minimum Gasteiger partial charge on any atom is -0.444 e. The number of pyridine rings is 1. The number of nitrogens with one attached hydrogen (secondary N) is 1. The molecule has 0 aliphatic heterocycles. The first-order valence-corrected chi connectivity index (χ1v) is 12.8. The van der Waals surface area contributed by atoms with E-state index in [1.807, 2.05) is 90.1 Å². The van der Waals surface area contributed by atoms with Crippen molar-refractivity contribution in [1.29, 1.82) is 0 Å². The van der Waals surface area contributed by atoms with Gasteiger partial charge in [0, 0.05) is 29.9 Å². The Morgan fingerprint density at radius 1 is 0.872 bits per heavy atom. The minimum atomic E-state index is -0.698. The van der Waals surface area contributed by atoms with E-state index < -0.39 is 23.4 Å². The fraction of sp³-hybridized carbons (Fsp3) is 0.323.